The molecule has 1 aromatic heterocycles. The number of benzene rings is 2. The Hall–Kier alpha value is -3.08. The van der Waals surface area contributed by atoms with E-state index in [1.807, 2.05) is 31.2 Å². The van der Waals surface area contributed by atoms with E-state index in [9.17, 15) is 9.90 Å². The fourth-order valence-electron chi connectivity index (χ4n) is 3.01. The zero-order chi connectivity index (χ0) is 20.5. The Labute approximate surface area is 165 Å². The highest BCUT2D eigenvalue weighted by molar-refractivity contribution is 5.98. The number of hydrogen-bond donors (Lipinski definition) is 2. The lowest BCUT2D eigenvalue weighted by Gasteiger charge is -2.18. The van der Waals surface area contributed by atoms with Crippen LogP contribution in [0, 0.1) is 0 Å². The maximum Gasteiger partial charge on any atom is 0.251 e. The van der Waals surface area contributed by atoms with Gasteiger partial charge in [0.2, 0.25) is 0 Å². The molecule has 28 heavy (non-hydrogen) atoms. The van der Waals surface area contributed by atoms with Gasteiger partial charge in [0, 0.05) is 22.1 Å². The van der Waals surface area contributed by atoms with Gasteiger partial charge in [0.1, 0.15) is 0 Å². The zero-order valence-electron chi connectivity index (χ0n) is 16.9. The summed E-state index contributed by atoms with van der Waals surface area (Å²) in [7, 11) is 1.50. The smallest absolute Gasteiger partial charge is 0.251 e. The number of fused-ring (bicyclic) bond motifs is 1. The zero-order valence-corrected chi connectivity index (χ0v) is 16.9. The van der Waals surface area contributed by atoms with Crippen molar-refractivity contribution in [1.29, 1.82) is 0 Å². The van der Waals surface area contributed by atoms with Crippen LogP contribution in [-0.2, 0) is 5.41 Å². The summed E-state index contributed by atoms with van der Waals surface area (Å²) in [6.07, 6.45) is 0. The van der Waals surface area contributed by atoms with Crippen LogP contribution < -0.4 is 10.1 Å². The van der Waals surface area contributed by atoms with E-state index in [2.05, 4.69) is 26.1 Å². The number of nitrogens with one attached hydrogen (secondary N) is 1. The van der Waals surface area contributed by atoms with Gasteiger partial charge in [0.25, 0.3) is 5.91 Å². The predicted octanol–water partition coefficient (Wildman–Crippen LogP) is 4.74. The Morgan fingerprint density at radius 2 is 1.86 bits per heavy atom. The van der Waals surface area contributed by atoms with Crippen LogP contribution in [0.5, 0.6) is 11.5 Å². The number of methoxy groups -OCH3 is 1. The van der Waals surface area contributed by atoms with Crippen molar-refractivity contribution in [3.63, 3.8) is 0 Å². The molecule has 1 amide bonds. The highest BCUT2D eigenvalue weighted by Gasteiger charge is 2.17. The monoisotopic (exact) mass is 378 g/mol. The molecule has 3 rings (SSSR count). The minimum atomic E-state index is -0.237. The fourth-order valence-corrected chi connectivity index (χ4v) is 3.01. The number of ether oxygens (including phenoxy) is 1. The van der Waals surface area contributed by atoms with Gasteiger partial charge in [0.05, 0.1) is 18.7 Å². The van der Waals surface area contributed by atoms with Crippen molar-refractivity contribution >= 4 is 16.8 Å². The molecule has 0 saturated carbocycles. The number of nitrogens with zero attached hydrogens (tertiary/aromatic N) is 1. The van der Waals surface area contributed by atoms with Crippen LogP contribution in [0.15, 0.2) is 48.5 Å². The highest BCUT2D eigenvalue weighted by atomic mass is 16.5. The van der Waals surface area contributed by atoms with Crippen molar-refractivity contribution in [2.45, 2.75) is 39.2 Å². The van der Waals surface area contributed by atoms with Crippen molar-refractivity contribution in [3.05, 3.63) is 65.4 Å². The predicted molar refractivity (Wildman–Crippen MR) is 111 cm³/mol. The molecule has 0 aliphatic rings. The molecule has 5 nitrogen and oxygen atoms in total. The number of carbonyl (C=O) groups excluding carboxylic acids is 1. The van der Waals surface area contributed by atoms with E-state index in [1.54, 1.807) is 24.3 Å². The topological polar surface area (TPSA) is 71.5 Å². The van der Waals surface area contributed by atoms with Gasteiger partial charge in [-0.3, -0.25) is 9.78 Å². The molecule has 1 heterocycles. The third-order valence-electron chi connectivity index (χ3n) is 4.77. The van der Waals surface area contributed by atoms with Crippen LogP contribution in [0.2, 0.25) is 0 Å². The minimum Gasteiger partial charge on any atom is -0.504 e. The molecule has 0 fully saturated rings. The van der Waals surface area contributed by atoms with Gasteiger partial charge in [-0.2, -0.15) is 0 Å². The molecule has 146 valence electrons. The molecule has 0 aliphatic carbocycles. The molecular formula is C23H26N2O3. The molecule has 0 aliphatic heterocycles. The largest absolute Gasteiger partial charge is 0.504 e. The third kappa shape index (κ3) is 4.09. The number of phenols is 1. The van der Waals surface area contributed by atoms with E-state index < -0.39 is 0 Å². The van der Waals surface area contributed by atoms with Crippen molar-refractivity contribution in [2.24, 2.45) is 0 Å². The lowest BCUT2D eigenvalue weighted by molar-refractivity contribution is 0.0940. The summed E-state index contributed by atoms with van der Waals surface area (Å²) in [5, 5.41) is 13.6. The average molecular weight is 378 g/mol. The second-order valence-electron chi connectivity index (χ2n) is 7.98. The van der Waals surface area contributed by atoms with E-state index in [4.69, 9.17) is 9.72 Å². The fraction of sp³-hybridized carbons (Fsp3) is 0.304. The molecule has 0 bridgehead atoms. The van der Waals surface area contributed by atoms with Crippen molar-refractivity contribution < 1.29 is 14.6 Å². The number of hydrogen-bond acceptors (Lipinski definition) is 4. The average Bonchev–Trinajstić information content (AvgIpc) is 2.66. The number of pyridine rings is 1. The quantitative estimate of drug-likeness (QED) is 0.688. The first kappa shape index (κ1) is 19.7. The first-order valence-corrected chi connectivity index (χ1v) is 9.28. The highest BCUT2D eigenvalue weighted by Crippen LogP contribution is 2.29. The number of aromatic hydroxyl groups is 1. The first-order chi connectivity index (χ1) is 13.2. The van der Waals surface area contributed by atoms with Crippen LogP contribution in [-0.4, -0.2) is 23.1 Å². The van der Waals surface area contributed by atoms with E-state index in [0.717, 1.165) is 22.2 Å². The Balaban J connectivity index is 1.81. The SMILES string of the molecule is COc1cc(C(C)NC(=O)c2ccc3nc(C(C)(C)C)ccc3c2)ccc1O. The first-order valence-electron chi connectivity index (χ1n) is 9.28. The molecule has 1 atom stereocenters. The molecule has 3 aromatic rings. The lowest BCUT2D eigenvalue weighted by atomic mass is 9.91. The Morgan fingerprint density at radius 1 is 1.11 bits per heavy atom. The molecule has 2 N–H and O–H groups in total. The van der Waals surface area contributed by atoms with Crippen LogP contribution in [0.4, 0.5) is 0 Å². The summed E-state index contributed by atoms with van der Waals surface area (Å²) in [6.45, 7) is 8.27. The van der Waals surface area contributed by atoms with Gasteiger partial charge < -0.3 is 15.2 Å². The Bertz CT molecular complexity index is 1020. The molecule has 5 heteroatoms. The van der Waals surface area contributed by atoms with Crippen LogP contribution in [0.1, 0.15) is 55.4 Å². The summed E-state index contributed by atoms with van der Waals surface area (Å²) in [5.74, 6) is 0.285. The van der Waals surface area contributed by atoms with Gasteiger partial charge in [0.15, 0.2) is 11.5 Å². The van der Waals surface area contributed by atoms with E-state index in [0.29, 0.717) is 11.3 Å². The minimum absolute atomic E-state index is 0.0230. The summed E-state index contributed by atoms with van der Waals surface area (Å²) >= 11 is 0. The number of carbonyl (C=O) groups is 1. The molecule has 1 unspecified atom stereocenters. The van der Waals surface area contributed by atoms with Crippen LogP contribution in [0.3, 0.4) is 0 Å². The van der Waals surface area contributed by atoms with Gasteiger partial charge in [-0.1, -0.05) is 32.9 Å². The number of phenolic OH excluding ortho intramolecular Hbond substituents is 1. The van der Waals surface area contributed by atoms with Crippen LogP contribution >= 0.6 is 0 Å². The number of aromatic nitrogens is 1. The molecule has 0 saturated heterocycles. The standard InChI is InChI=1S/C23H26N2O3/c1-14(15-7-10-19(26)20(13-15)28-5)24-22(27)17-6-9-18-16(12-17)8-11-21(25-18)23(2,3)4/h6-14,26H,1-5H3,(H,24,27). The third-order valence-corrected chi connectivity index (χ3v) is 4.77. The van der Waals surface area contributed by atoms with Crippen molar-refractivity contribution in [1.82, 2.24) is 10.3 Å². The number of amides is 1. The van der Waals surface area contributed by atoms with Gasteiger partial charge in [-0.25, -0.2) is 0 Å². The second-order valence-corrected chi connectivity index (χ2v) is 7.98. The summed E-state index contributed by atoms with van der Waals surface area (Å²) in [4.78, 5) is 17.4. The van der Waals surface area contributed by atoms with E-state index >= 15 is 0 Å². The molecule has 0 spiro atoms. The molecule has 0 radical (unpaired) electrons. The summed E-state index contributed by atoms with van der Waals surface area (Å²) in [5.41, 5.74) is 3.30. The summed E-state index contributed by atoms with van der Waals surface area (Å²) in [6, 6.07) is 14.4. The van der Waals surface area contributed by atoms with Gasteiger partial charge in [-0.15, -0.1) is 0 Å². The number of rotatable bonds is 4. The lowest BCUT2D eigenvalue weighted by Crippen LogP contribution is -2.26. The molecular weight excluding hydrogens is 352 g/mol. The van der Waals surface area contributed by atoms with Crippen molar-refractivity contribution in [2.75, 3.05) is 7.11 Å². The molecule has 2 aromatic carbocycles. The van der Waals surface area contributed by atoms with E-state index in [-0.39, 0.29) is 23.1 Å². The summed E-state index contributed by atoms with van der Waals surface area (Å²) < 4.78 is 5.14. The van der Waals surface area contributed by atoms with E-state index in [1.165, 1.54) is 7.11 Å². The van der Waals surface area contributed by atoms with Crippen molar-refractivity contribution in [3.8, 4) is 11.5 Å². The van der Waals surface area contributed by atoms with Gasteiger partial charge >= 0.3 is 0 Å². The second kappa shape index (κ2) is 7.50. The van der Waals surface area contributed by atoms with Crippen LogP contribution in [0.25, 0.3) is 10.9 Å². The maximum atomic E-state index is 12.7. The Kier molecular flexibility index (Phi) is 5.27. The maximum absolute atomic E-state index is 12.7. The normalized spacial score (nSPS) is 12.6. The van der Waals surface area contributed by atoms with Gasteiger partial charge in [-0.05, 0) is 48.9 Å². The Morgan fingerprint density at radius 3 is 2.54 bits per heavy atom.